The molecule has 30 heavy (non-hydrogen) atoms. The van der Waals surface area contributed by atoms with Gasteiger partial charge in [0.1, 0.15) is 5.76 Å². The number of rotatable bonds is 8. The summed E-state index contributed by atoms with van der Waals surface area (Å²) in [5.41, 5.74) is 2.71. The Morgan fingerprint density at radius 3 is 2.70 bits per heavy atom. The van der Waals surface area contributed by atoms with Gasteiger partial charge in [0.15, 0.2) is 5.96 Å². The van der Waals surface area contributed by atoms with Crippen LogP contribution >= 0.6 is 11.3 Å². The van der Waals surface area contributed by atoms with Crippen LogP contribution in [0.15, 0.2) is 52.1 Å². The highest BCUT2D eigenvalue weighted by Gasteiger charge is 2.08. The van der Waals surface area contributed by atoms with Gasteiger partial charge in [-0.05, 0) is 43.7 Å². The molecule has 0 aliphatic rings. The molecule has 3 N–H and O–H groups in total. The number of benzene rings is 1. The molecule has 0 aliphatic heterocycles. The number of hydrogen-bond acceptors (Lipinski definition) is 5. The van der Waals surface area contributed by atoms with Crippen LogP contribution in [-0.4, -0.2) is 30.4 Å². The molecule has 0 bridgehead atoms. The molecule has 0 saturated carbocycles. The fourth-order valence-corrected chi connectivity index (χ4v) is 3.78. The molecule has 2 heterocycles. The maximum absolute atomic E-state index is 12.4. The molecule has 3 aromatic rings. The molecule has 7 nitrogen and oxygen atoms in total. The summed E-state index contributed by atoms with van der Waals surface area (Å²) in [7, 11) is 1.74. The fourth-order valence-electron chi connectivity index (χ4n) is 2.85. The Bertz CT molecular complexity index is 975. The number of furan rings is 1. The van der Waals surface area contributed by atoms with Gasteiger partial charge in [-0.3, -0.25) is 9.79 Å². The number of thiazole rings is 1. The average molecular weight is 426 g/mol. The highest BCUT2D eigenvalue weighted by molar-refractivity contribution is 7.11. The van der Waals surface area contributed by atoms with Crippen molar-refractivity contribution in [3.63, 3.8) is 0 Å². The first-order chi connectivity index (χ1) is 14.5. The molecule has 0 saturated heterocycles. The van der Waals surface area contributed by atoms with Crippen LogP contribution < -0.4 is 16.0 Å². The molecular formula is C22H27N5O2S. The van der Waals surface area contributed by atoms with Crippen LogP contribution in [0.25, 0.3) is 0 Å². The molecule has 3 rings (SSSR count). The van der Waals surface area contributed by atoms with Crippen LogP contribution in [0.1, 0.15) is 37.3 Å². The molecule has 158 valence electrons. The van der Waals surface area contributed by atoms with Crippen LogP contribution in [0.4, 0.5) is 0 Å². The first-order valence-corrected chi connectivity index (χ1v) is 10.6. The summed E-state index contributed by atoms with van der Waals surface area (Å²) >= 11 is 1.74. The molecule has 2 aromatic heterocycles. The molecule has 8 heteroatoms. The van der Waals surface area contributed by atoms with Gasteiger partial charge < -0.3 is 20.4 Å². The van der Waals surface area contributed by atoms with Gasteiger partial charge in [-0.2, -0.15) is 0 Å². The minimum absolute atomic E-state index is 0.134. The van der Waals surface area contributed by atoms with Gasteiger partial charge in [0, 0.05) is 37.0 Å². The lowest BCUT2D eigenvalue weighted by Gasteiger charge is -2.12. The van der Waals surface area contributed by atoms with Crippen LogP contribution in [-0.2, 0) is 19.5 Å². The zero-order valence-electron chi connectivity index (χ0n) is 17.5. The molecule has 0 unspecified atom stereocenters. The normalized spacial score (nSPS) is 11.4. The predicted molar refractivity (Wildman–Crippen MR) is 120 cm³/mol. The molecule has 0 spiro atoms. The Balaban J connectivity index is 1.46. The minimum Gasteiger partial charge on any atom is -0.467 e. The lowest BCUT2D eigenvalue weighted by molar-refractivity contribution is 0.0948. The van der Waals surface area contributed by atoms with Crippen molar-refractivity contribution < 1.29 is 9.21 Å². The van der Waals surface area contributed by atoms with E-state index in [-0.39, 0.29) is 5.91 Å². The van der Waals surface area contributed by atoms with Gasteiger partial charge >= 0.3 is 0 Å². The van der Waals surface area contributed by atoms with Crippen molar-refractivity contribution in [2.24, 2.45) is 4.99 Å². The van der Waals surface area contributed by atoms with Crippen LogP contribution in [0.3, 0.4) is 0 Å². The second-order valence-electron chi connectivity index (χ2n) is 6.81. The van der Waals surface area contributed by atoms with Crippen molar-refractivity contribution in [1.82, 2.24) is 20.9 Å². The van der Waals surface area contributed by atoms with E-state index in [1.54, 1.807) is 36.8 Å². The van der Waals surface area contributed by atoms with Gasteiger partial charge in [-0.25, -0.2) is 4.98 Å². The number of carbonyl (C=O) groups excluding carboxylic acids is 1. The summed E-state index contributed by atoms with van der Waals surface area (Å²) in [5.74, 6) is 1.30. The minimum atomic E-state index is -0.134. The predicted octanol–water partition coefficient (Wildman–Crippen LogP) is 3.19. The fraction of sp³-hybridized carbons (Fsp3) is 0.318. The van der Waals surface area contributed by atoms with Crippen molar-refractivity contribution in [2.75, 3.05) is 13.6 Å². The number of carbonyl (C=O) groups is 1. The van der Waals surface area contributed by atoms with Crippen molar-refractivity contribution in [1.29, 1.82) is 0 Å². The van der Waals surface area contributed by atoms with E-state index in [0.717, 1.165) is 35.0 Å². The summed E-state index contributed by atoms with van der Waals surface area (Å²) in [5, 5.41) is 10.6. The highest BCUT2D eigenvalue weighted by Crippen LogP contribution is 2.16. The smallest absolute Gasteiger partial charge is 0.251 e. The number of guanidine groups is 1. The van der Waals surface area contributed by atoms with E-state index in [4.69, 9.17) is 4.42 Å². The molecule has 1 aromatic carbocycles. The van der Waals surface area contributed by atoms with E-state index in [1.165, 1.54) is 4.88 Å². The Hall–Kier alpha value is -3.13. The third kappa shape index (κ3) is 6.18. The van der Waals surface area contributed by atoms with Gasteiger partial charge in [-0.1, -0.05) is 12.1 Å². The first-order valence-electron chi connectivity index (χ1n) is 9.82. The maximum atomic E-state index is 12.4. The summed E-state index contributed by atoms with van der Waals surface area (Å²) in [6, 6.07) is 11.2. The van der Waals surface area contributed by atoms with Crippen LogP contribution in [0.2, 0.25) is 0 Å². The number of amides is 1. The van der Waals surface area contributed by atoms with Crippen LogP contribution in [0.5, 0.6) is 0 Å². The van der Waals surface area contributed by atoms with Crippen molar-refractivity contribution in [3.8, 4) is 0 Å². The van der Waals surface area contributed by atoms with E-state index >= 15 is 0 Å². The summed E-state index contributed by atoms with van der Waals surface area (Å²) < 4.78 is 5.24. The Labute approximate surface area is 180 Å². The van der Waals surface area contributed by atoms with Gasteiger partial charge in [0.2, 0.25) is 0 Å². The highest BCUT2D eigenvalue weighted by atomic mass is 32.1. The third-order valence-corrected chi connectivity index (χ3v) is 5.71. The number of nitrogens with one attached hydrogen (secondary N) is 3. The summed E-state index contributed by atoms with van der Waals surface area (Å²) in [6.45, 7) is 5.81. The molecule has 0 aliphatic carbocycles. The van der Waals surface area contributed by atoms with Gasteiger partial charge in [0.05, 0.1) is 23.5 Å². The Kier molecular flexibility index (Phi) is 7.62. The van der Waals surface area contributed by atoms with Crippen molar-refractivity contribution in [2.45, 2.75) is 33.4 Å². The first kappa shape index (κ1) is 21.6. The van der Waals surface area contributed by atoms with E-state index in [9.17, 15) is 4.79 Å². The van der Waals surface area contributed by atoms with E-state index in [0.29, 0.717) is 24.6 Å². The van der Waals surface area contributed by atoms with Crippen molar-refractivity contribution >= 4 is 23.2 Å². The zero-order valence-corrected chi connectivity index (χ0v) is 18.3. The topological polar surface area (TPSA) is 91.5 Å². The van der Waals surface area contributed by atoms with Gasteiger partial charge in [0.25, 0.3) is 5.91 Å². The lowest BCUT2D eigenvalue weighted by Crippen LogP contribution is -2.37. The number of hydrogen-bond donors (Lipinski definition) is 3. The number of nitrogens with zero attached hydrogens (tertiary/aromatic N) is 2. The van der Waals surface area contributed by atoms with E-state index < -0.39 is 0 Å². The molecular weight excluding hydrogens is 398 g/mol. The monoisotopic (exact) mass is 425 g/mol. The average Bonchev–Trinajstić information content (AvgIpc) is 3.38. The molecule has 0 fully saturated rings. The molecule has 1 amide bonds. The standard InChI is InChI=1S/C22H27N5O2S/c1-15-16(2)30-20(27-15)9-10-24-22(23-3)26-13-17-6-4-7-18(12-17)21(28)25-14-19-8-5-11-29-19/h4-8,11-12H,9-10,13-14H2,1-3H3,(H,25,28)(H2,23,24,26). The maximum Gasteiger partial charge on any atom is 0.251 e. The Morgan fingerprint density at radius 2 is 2.00 bits per heavy atom. The van der Waals surface area contributed by atoms with Crippen molar-refractivity contribution in [3.05, 3.63) is 75.1 Å². The largest absolute Gasteiger partial charge is 0.467 e. The number of aliphatic imine (C=N–C) groups is 1. The van der Waals surface area contributed by atoms with Crippen LogP contribution in [0, 0.1) is 13.8 Å². The summed E-state index contributed by atoms with van der Waals surface area (Å²) in [4.78, 5) is 22.5. The zero-order chi connectivity index (χ0) is 21.3. The second-order valence-corrected chi connectivity index (χ2v) is 8.10. The quantitative estimate of drug-likeness (QED) is 0.381. The Morgan fingerprint density at radius 1 is 1.13 bits per heavy atom. The second kappa shape index (κ2) is 10.6. The SMILES string of the molecule is CN=C(NCCc1nc(C)c(C)s1)NCc1cccc(C(=O)NCc2ccco2)c1. The summed E-state index contributed by atoms with van der Waals surface area (Å²) in [6.07, 6.45) is 2.44. The van der Waals surface area contributed by atoms with Gasteiger partial charge in [-0.15, -0.1) is 11.3 Å². The number of aromatic nitrogens is 1. The lowest BCUT2D eigenvalue weighted by atomic mass is 10.1. The number of aryl methyl sites for hydroxylation is 2. The molecule has 0 atom stereocenters. The van der Waals surface area contributed by atoms with E-state index in [2.05, 4.69) is 32.9 Å². The van der Waals surface area contributed by atoms with E-state index in [1.807, 2.05) is 31.2 Å². The molecule has 0 radical (unpaired) electrons. The third-order valence-electron chi connectivity index (χ3n) is 4.58.